The van der Waals surface area contributed by atoms with Gasteiger partial charge in [0.1, 0.15) is 0 Å². The zero-order valence-corrected chi connectivity index (χ0v) is 40.2. The number of aliphatic hydroxyl groups is 2. The number of esters is 1. The van der Waals surface area contributed by atoms with Gasteiger partial charge in [0.2, 0.25) is 5.91 Å². The predicted molar refractivity (Wildman–Crippen MR) is 260 cm³/mol. The van der Waals surface area contributed by atoms with E-state index in [1.807, 2.05) is 6.08 Å². The van der Waals surface area contributed by atoms with Crippen molar-refractivity contribution in [2.45, 2.75) is 296 Å². The highest BCUT2D eigenvalue weighted by Gasteiger charge is 2.18. The molecule has 6 nitrogen and oxygen atoms in total. The minimum Gasteiger partial charge on any atom is -0.466 e. The molecule has 0 fully saturated rings. The second kappa shape index (κ2) is 50.0. The molecule has 0 aliphatic rings. The second-order valence-corrected chi connectivity index (χ2v) is 18.2. The third-order valence-electron chi connectivity index (χ3n) is 12.2. The van der Waals surface area contributed by atoms with Gasteiger partial charge >= 0.3 is 5.97 Å². The van der Waals surface area contributed by atoms with Crippen molar-refractivity contribution in [2.24, 2.45) is 0 Å². The fourth-order valence-electron chi connectivity index (χ4n) is 8.10. The van der Waals surface area contributed by atoms with Crippen LogP contribution < -0.4 is 5.32 Å². The molecule has 0 saturated carbocycles. The summed E-state index contributed by atoms with van der Waals surface area (Å²) >= 11 is 0. The lowest BCUT2D eigenvalue weighted by Gasteiger charge is -2.20. The highest BCUT2D eigenvalue weighted by atomic mass is 16.5. The van der Waals surface area contributed by atoms with Gasteiger partial charge in [0, 0.05) is 12.8 Å². The van der Waals surface area contributed by atoms with Crippen LogP contribution in [0.2, 0.25) is 0 Å². The van der Waals surface area contributed by atoms with Crippen LogP contribution in [0.5, 0.6) is 0 Å². The molecule has 0 aromatic carbocycles. The molecule has 0 aliphatic carbocycles. The minimum absolute atomic E-state index is 0.0245. The molecule has 0 saturated heterocycles. The van der Waals surface area contributed by atoms with E-state index in [0.29, 0.717) is 19.4 Å². The Morgan fingerprint density at radius 2 is 0.783 bits per heavy atom. The topological polar surface area (TPSA) is 95.9 Å². The molecule has 1 amide bonds. The maximum atomic E-state index is 12.4. The third-order valence-corrected chi connectivity index (χ3v) is 12.2. The summed E-state index contributed by atoms with van der Waals surface area (Å²) in [6.07, 6.45) is 58.9. The van der Waals surface area contributed by atoms with Gasteiger partial charge in [-0.2, -0.15) is 0 Å². The van der Waals surface area contributed by atoms with Crippen LogP contribution >= 0.6 is 0 Å². The number of carbonyl (C=O) groups is 2. The molecule has 0 bridgehead atoms. The van der Waals surface area contributed by atoms with Gasteiger partial charge in [-0.25, -0.2) is 0 Å². The van der Waals surface area contributed by atoms with E-state index >= 15 is 0 Å². The summed E-state index contributed by atoms with van der Waals surface area (Å²) in [5.41, 5.74) is 0. The fourth-order valence-corrected chi connectivity index (χ4v) is 8.10. The first-order chi connectivity index (χ1) is 29.5. The summed E-state index contributed by atoms with van der Waals surface area (Å²) in [4.78, 5) is 24.5. The Balaban J connectivity index is 3.52. The van der Waals surface area contributed by atoms with Crippen LogP contribution in [-0.2, 0) is 14.3 Å². The van der Waals surface area contributed by atoms with E-state index in [-0.39, 0.29) is 18.5 Å². The smallest absolute Gasteiger partial charge is 0.305 e. The quantitative estimate of drug-likeness (QED) is 0.0322. The number of hydrogen-bond donors (Lipinski definition) is 3. The summed E-state index contributed by atoms with van der Waals surface area (Å²) in [5, 5.41) is 23.1. The maximum Gasteiger partial charge on any atom is 0.305 e. The molecule has 0 aromatic heterocycles. The van der Waals surface area contributed by atoms with Crippen molar-refractivity contribution >= 4 is 11.9 Å². The van der Waals surface area contributed by atoms with Gasteiger partial charge in [-0.1, -0.05) is 237 Å². The van der Waals surface area contributed by atoms with E-state index in [1.165, 1.54) is 199 Å². The number of aliphatic hydroxyl groups excluding tert-OH is 2. The Morgan fingerprint density at radius 1 is 0.450 bits per heavy atom. The van der Waals surface area contributed by atoms with Crippen molar-refractivity contribution in [2.75, 3.05) is 13.2 Å². The number of carbonyl (C=O) groups excluding carboxylic acids is 2. The Hall–Kier alpha value is -1.66. The van der Waals surface area contributed by atoms with Gasteiger partial charge in [0.15, 0.2) is 0 Å². The average molecular weight is 846 g/mol. The maximum absolute atomic E-state index is 12.4. The third kappa shape index (κ3) is 45.9. The fraction of sp³-hybridized carbons (Fsp3) is 0.889. The van der Waals surface area contributed by atoms with Crippen LogP contribution in [0, 0.1) is 0 Å². The van der Waals surface area contributed by atoms with Crippen molar-refractivity contribution in [3.8, 4) is 0 Å². The second-order valence-electron chi connectivity index (χ2n) is 18.2. The Labute approximate surface area is 373 Å². The van der Waals surface area contributed by atoms with E-state index in [4.69, 9.17) is 4.74 Å². The number of ether oxygens (including phenoxy) is 1. The zero-order chi connectivity index (χ0) is 43.7. The number of amides is 1. The normalized spacial score (nSPS) is 12.8. The van der Waals surface area contributed by atoms with E-state index in [2.05, 4.69) is 31.3 Å². The van der Waals surface area contributed by atoms with Crippen molar-refractivity contribution < 1.29 is 24.5 Å². The lowest BCUT2D eigenvalue weighted by atomic mass is 10.0. The molecule has 0 rings (SSSR count). The molecule has 0 radical (unpaired) electrons. The first-order valence-electron chi connectivity index (χ1n) is 26.6. The van der Waals surface area contributed by atoms with Gasteiger partial charge in [-0.15, -0.1) is 0 Å². The number of rotatable bonds is 49. The molecule has 0 aromatic rings. The summed E-state index contributed by atoms with van der Waals surface area (Å²) in [6, 6.07) is -0.642. The largest absolute Gasteiger partial charge is 0.466 e. The van der Waals surface area contributed by atoms with Crippen molar-refractivity contribution in [1.82, 2.24) is 5.32 Å². The summed E-state index contributed by atoms with van der Waals surface area (Å²) in [5.74, 6) is -0.110. The molecule has 0 heterocycles. The molecule has 2 atom stereocenters. The van der Waals surface area contributed by atoms with E-state index in [1.54, 1.807) is 6.08 Å². The molecule has 3 N–H and O–H groups in total. The summed E-state index contributed by atoms with van der Waals surface area (Å²) in [7, 11) is 0. The lowest BCUT2D eigenvalue weighted by molar-refractivity contribution is -0.143. The van der Waals surface area contributed by atoms with Crippen LogP contribution in [0.15, 0.2) is 24.3 Å². The number of nitrogens with one attached hydrogen (secondary N) is 1. The summed E-state index contributed by atoms with van der Waals surface area (Å²) in [6.45, 7) is 4.85. The first kappa shape index (κ1) is 58.3. The van der Waals surface area contributed by atoms with Crippen molar-refractivity contribution in [1.29, 1.82) is 0 Å². The summed E-state index contributed by atoms with van der Waals surface area (Å²) < 4.78 is 5.45. The monoisotopic (exact) mass is 846 g/mol. The van der Waals surface area contributed by atoms with Crippen LogP contribution in [0.3, 0.4) is 0 Å². The van der Waals surface area contributed by atoms with Crippen molar-refractivity contribution in [3.63, 3.8) is 0 Å². The van der Waals surface area contributed by atoms with Gasteiger partial charge in [0.25, 0.3) is 0 Å². The SMILES string of the molecule is CCCCCC/C=C\CCCCCCCC(=O)OCCCCCCCCCCCCCC(=O)NC(CO)C(O)/C=C/CCCCCCCCCCCCCCCCCCC. The molecule has 60 heavy (non-hydrogen) atoms. The average Bonchev–Trinajstić information content (AvgIpc) is 3.25. The Kier molecular flexibility index (Phi) is 48.6. The predicted octanol–water partition coefficient (Wildman–Crippen LogP) is 15.9. The Bertz CT molecular complexity index is 935. The molecular weight excluding hydrogens is 743 g/mol. The molecule has 0 aliphatic heterocycles. The van der Waals surface area contributed by atoms with Gasteiger partial charge in [-0.05, 0) is 57.8 Å². The van der Waals surface area contributed by atoms with Crippen LogP contribution in [-0.4, -0.2) is 47.4 Å². The molecule has 354 valence electrons. The van der Waals surface area contributed by atoms with Crippen LogP contribution in [0.4, 0.5) is 0 Å². The van der Waals surface area contributed by atoms with E-state index in [0.717, 1.165) is 57.8 Å². The molecule has 6 heteroatoms. The number of unbranched alkanes of at least 4 members (excludes halogenated alkanes) is 36. The Morgan fingerprint density at radius 3 is 1.20 bits per heavy atom. The standard InChI is InChI=1S/C54H103NO5/c1-3-5-7-9-11-13-15-17-18-19-20-21-22-24-26-30-34-38-42-46-52(57)51(50-56)55-53(58)47-43-39-35-31-27-25-29-33-37-41-45-49-60-54(59)48-44-40-36-32-28-23-16-14-12-10-8-6-4-2/h14,16,42,46,51-52,56-57H,3-13,15,17-41,43-45,47-50H2,1-2H3,(H,55,58)/b16-14-,46-42+. The minimum atomic E-state index is -0.857. The van der Waals surface area contributed by atoms with Gasteiger partial charge < -0.3 is 20.3 Å². The lowest BCUT2D eigenvalue weighted by Crippen LogP contribution is -2.45. The molecule has 0 spiro atoms. The number of allylic oxidation sites excluding steroid dienone is 3. The number of hydrogen-bond acceptors (Lipinski definition) is 5. The van der Waals surface area contributed by atoms with Gasteiger partial charge in [-0.3, -0.25) is 9.59 Å². The first-order valence-corrected chi connectivity index (χ1v) is 26.6. The molecule has 2 unspecified atom stereocenters. The van der Waals surface area contributed by atoms with Gasteiger partial charge in [0.05, 0.1) is 25.4 Å². The highest BCUT2D eigenvalue weighted by molar-refractivity contribution is 5.76. The highest BCUT2D eigenvalue weighted by Crippen LogP contribution is 2.16. The zero-order valence-electron chi connectivity index (χ0n) is 40.2. The van der Waals surface area contributed by atoms with Crippen LogP contribution in [0.1, 0.15) is 284 Å². The van der Waals surface area contributed by atoms with Crippen molar-refractivity contribution in [3.05, 3.63) is 24.3 Å². The van der Waals surface area contributed by atoms with E-state index in [9.17, 15) is 19.8 Å². The van der Waals surface area contributed by atoms with Crippen LogP contribution in [0.25, 0.3) is 0 Å². The molecular formula is C54H103NO5. The van der Waals surface area contributed by atoms with E-state index < -0.39 is 12.1 Å².